The summed E-state index contributed by atoms with van der Waals surface area (Å²) in [5, 5.41) is 9.84. The Morgan fingerprint density at radius 2 is 2.14 bits per heavy atom. The molecule has 8 nitrogen and oxygen atoms in total. The highest BCUT2D eigenvalue weighted by Gasteiger charge is 2.24. The van der Waals surface area contributed by atoms with Gasteiger partial charge in [0.05, 0.1) is 30.7 Å². The minimum Gasteiger partial charge on any atom is -0.434 e. The average Bonchev–Trinajstić information content (AvgIpc) is 2.69. The summed E-state index contributed by atoms with van der Waals surface area (Å²) in [7, 11) is 0. The number of anilines is 1. The highest BCUT2D eigenvalue weighted by Crippen LogP contribution is 2.24. The molecule has 1 aromatic carbocycles. The maximum Gasteiger partial charge on any atom is 0.387 e. The van der Waals surface area contributed by atoms with Crippen molar-refractivity contribution in [1.29, 1.82) is 0 Å². The van der Waals surface area contributed by atoms with Crippen LogP contribution < -0.4 is 21.0 Å². The summed E-state index contributed by atoms with van der Waals surface area (Å²) < 4.78 is 29.6. The lowest BCUT2D eigenvalue weighted by Crippen LogP contribution is -2.42. The van der Waals surface area contributed by atoms with Gasteiger partial charge in [0, 0.05) is 18.5 Å². The van der Waals surface area contributed by atoms with Crippen LogP contribution >= 0.6 is 11.6 Å². The summed E-state index contributed by atoms with van der Waals surface area (Å²) >= 11 is 6.05. The van der Waals surface area contributed by atoms with Gasteiger partial charge in [0.15, 0.2) is 0 Å². The third-order valence-electron chi connectivity index (χ3n) is 4.19. The highest BCUT2D eigenvalue weighted by atomic mass is 35.5. The van der Waals surface area contributed by atoms with Gasteiger partial charge in [-0.25, -0.2) is 5.10 Å². The van der Waals surface area contributed by atoms with E-state index in [9.17, 15) is 13.6 Å². The lowest BCUT2D eigenvalue weighted by Gasteiger charge is -2.30. The second-order valence-corrected chi connectivity index (χ2v) is 6.27. The first kappa shape index (κ1) is 19.7. The number of ether oxygens (including phenoxy) is 1. The number of benzene rings is 1. The smallest absolute Gasteiger partial charge is 0.387 e. The van der Waals surface area contributed by atoms with Gasteiger partial charge in [-0.15, -0.1) is 0 Å². The number of aromatic amines is 1. The van der Waals surface area contributed by atoms with Gasteiger partial charge in [-0.3, -0.25) is 9.79 Å². The number of aromatic nitrogens is 2. The normalized spacial score (nSPS) is 17.5. The maximum atomic E-state index is 12.5. The fourth-order valence-electron chi connectivity index (χ4n) is 2.85. The molecule has 0 bridgehead atoms. The van der Waals surface area contributed by atoms with Gasteiger partial charge in [0.2, 0.25) is 0 Å². The SMILES string of the molecule is NN=C1CN(c2cn[nH]c(=O)c2Cl)CCC1=NCc1ccccc1OC(F)F. The molecule has 0 spiro atoms. The van der Waals surface area contributed by atoms with Gasteiger partial charge in [0.25, 0.3) is 5.56 Å². The number of hydrogen-bond acceptors (Lipinski definition) is 7. The summed E-state index contributed by atoms with van der Waals surface area (Å²) in [6.07, 6.45) is 1.94. The molecule has 0 aliphatic carbocycles. The number of hydrazone groups is 1. The Morgan fingerprint density at radius 3 is 2.89 bits per heavy atom. The number of para-hydroxylation sites is 1. The average molecular weight is 411 g/mol. The number of rotatable bonds is 5. The summed E-state index contributed by atoms with van der Waals surface area (Å²) in [6, 6.07) is 6.46. The Hall–Kier alpha value is -3.01. The molecule has 0 unspecified atom stereocenters. The monoisotopic (exact) mass is 410 g/mol. The number of nitrogens with one attached hydrogen (secondary N) is 1. The predicted octanol–water partition coefficient (Wildman–Crippen LogP) is 2.19. The first-order valence-corrected chi connectivity index (χ1v) is 8.68. The number of nitrogens with zero attached hydrogens (tertiary/aromatic N) is 4. The van der Waals surface area contributed by atoms with E-state index in [2.05, 4.69) is 25.0 Å². The van der Waals surface area contributed by atoms with E-state index in [0.717, 1.165) is 0 Å². The van der Waals surface area contributed by atoms with Crippen molar-refractivity contribution in [3.8, 4) is 5.75 Å². The second-order valence-electron chi connectivity index (χ2n) is 5.89. The maximum absolute atomic E-state index is 12.5. The van der Waals surface area contributed by atoms with Crippen LogP contribution in [-0.4, -0.2) is 41.3 Å². The van der Waals surface area contributed by atoms with Gasteiger partial charge in [-0.1, -0.05) is 29.8 Å². The zero-order valence-electron chi connectivity index (χ0n) is 14.6. The van der Waals surface area contributed by atoms with E-state index in [1.54, 1.807) is 18.2 Å². The Kier molecular flexibility index (Phi) is 6.19. The molecule has 0 atom stereocenters. The lowest BCUT2D eigenvalue weighted by molar-refractivity contribution is -0.0504. The van der Waals surface area contributed by atoms with Crippen molar-refractivity contribution < 1.29 is 13.5 Å². The third kappa shape index (κ3) is 4.45. The predicted molar refractivity (Wildman–Crippen MR) is 103 cm³/mol. The molecular formula is C17H17ClF2N6O2. The third-order valence-corrected chi connectivity index (χ3v) is 4.56. The molecule has 148 valence electrons. The summed E-state index contributed by atoms with van der Waals surface area (Å²) in [5.41, 5.74) is 1.67. The van der Waals surface area contributed by atoms with E-state index < -0.39 is 12.2 Å². The van der Waals surface area contributed by atoms with Gasteiger partial charge < -0.3 is 15.5 Å². The minimum atomic E-state index is -2.91. The van der Waals surface area contributed by atoms with E-state index in [1.807, 2.05) is 4.90 Å². The van der Waals surface area contributed by atoms with Crippen LogP contribution in [0, 0.1) is 0 Å². The minimum absolute atomic E-state index is 0.0323. The lowest BCUT2D eigenvalue weighted by atomic mass is 10.1. The Labute approximate surface area is 163 Å². The van der Waals surface area contributed by atoms with Gasteiger partial charge in [-0.2, -0.15) is 19.0 Å². The molecule has 0 saturated carbocycles. The van der Waals surface area contributed by atoms with E-state index >= 15 is 0 Å². The number of alkyl halides is 2. The van der Waals surface area contributed by atoms with Crippen molar-refractivity contribution in [2.45, 2.75) is 19.6 Å². The molecule has 1 saturated heterocycles. The zero-order chi connectivity index (χ0) is 20.1. The molecule has 1 aromatic heterocycles. The fraction of sp³-hybridized carbons (Fsp3) is 0.294. The van der Waals surface area contributed by atoms with Crippen LogP contribution in [-0.2, 0) is 6.54 Å². The molecule has 1 aliphatic rings. The van der Waals surface area contributed by atoms with Crippen LogP contribution in [0.5, 0.6) is 5.75 Å². The van der Waals surface area contributed by atoms with Crippen molar-refractivity contribution >= 4 is 28.7 Å². The topological polar surface area (TPSA) is 109 Å². The van der Waals surface area contributed by atoms with Gasteiger partial charge >= 0.3 is 6.61 Å². The molecule has 3 N–H and O–H groups in total. The quantitative estimate of drug-likeness (QED) is 0.580. The first-order chi connectivity index (χ1) is 13.5. The molecule has 2 aromatic rings. The van der Waals surface area contributed by atoms with Crippen molar-refractivity contribution in [2.24, 2.45) is 15.9 Å². The van der Waals surface area contributed by atoms with Crippen molar-refractivity contribution in [3.63, 3.8) is 0 Å². The van der Waals surface area contributed by atoms with E-state index in [4.69, 9.17) is 17.4 Å². The van der Waals surface area contributed by atoms with Gasteiger partial charge in [-0.05, 0) is 6.07 Å². The molecule has 0 amide bonds. The Balaban J connectivity index is 1.77. The number of nitrogens with two attached hydrogens (primary N) is 1. The number of aliphatic imine (C=N–C) groups is 1. The van der Waals surface area contributed by atoms with E-state index in [0.29, 0.717) is 35.6 Å². The zero-order valence-corrected chi connectivity index (χ0v) is 15.4. The van der Waals surface area contributed by atoms with Crippen molar-refractivity contribution in [2.75, 3.05) is 18.0 Å². The summed E-state index contributed by atoms with van der Waals surface area (Å²) in [5.74, 6) is 5.58. The molecule has 28 heavy (non-hydrogen) atoms. The molecule has 1 fully saturated rings. The fourth-order valence-corrected chi connectivity index (χ4v) is 3.06. The number of H-pyrrole nitrogens is 1. The molecular weight excluding hydrogens is 394 g/mol. The van der Waals surface area contributed by atoms with Crippen molar-refractivity contribution in [1.82, 2.24) is 10.2 Å². The number of piperidine rings is 1. The van der Waals surface area contributed by atoms with Crippen LogP contribution in [0.1, 0.15) is 12.0 Å². The van der Waals surface area contributed by atoms with Crippen LogP contribution in [0.15, 0.2) is 45.4 Å². The summed E-state index contributed by atoms with van der Waals surface area (Å²) in [4.78, 5) is 17.9. The standard InChI is InChI=1S/C17H17ClF2N6O2/c18-15-13(8-23-25-16(15)27)26-6-5-11(12(9-26)24-21)22-7-10-3-1-2-4-14(10)28-17(19)20/h1-4,8,17H,5-7,9,21H2,(H,25,27). The van der Waals surface area contributed by atoms with Crippen LogP contribution in [0.3, 0.4) is 0 Å². The largest absolute Gasteiger partial charge is 0.434 e. The van der Waals surface area contributed by atoms with Gasteiger partial charge in [0.1, 0.15) is 16.5 Å². The van der Waals surface area contributed by atoms with E-state index in [1.165, 1.54) is 12.3 Å². The van der Waals surface area contributed by atoms with Crippen molar-refractivity contribution in [3.05, 3.63) is 51.4 Å². The number of halogens is 3. The van der Waals surface area contributed by atoms with E-state index in [-0.39, 0.29) is 23.9 Å². The molecule has 2 heterocycles. The van der Waals surface area contributed by atoms with Crippen LogP contribution in [0.2, 0.25) is 5.02 Å². The molecule has 11 heteroatoms. The molecule has 0 radical (unpaired) electrons. The first-order valence-electron chi connectivity index (χ1n) is 8.31. The summed E-state index contributed by atoms with van der Waals surface area (Å²) in [6.45, 7) is -1.97. The molecule has 1 aliphatic heterocycles. The second kappa shape index (κ2) is 8.79. The number of hydrogen-bond donors (Lipinski definition) is 2. The van der Waals surface area contributed by atoms with Crippen LogP contribution in [0.25, 0.3) is 0 Å². The molecule has 3 rings (SSSR count). The highest BCUT2D eigenvalue weighted by molar-refractivity contribution is 6.44. The van der Waals surface area contributed by atoms with Crippen LogP contribution in [0.4, 0.5) is 14.5 Å². The Bertz CT molecular complexity index is 963. The Morgan fingerprint density at radius 1 is 1.36 bits per heavy atom.